The number of hydrogen-bond acceptors (Lipinski definition) is 10. The van der Waals surface area contributed by atoms with E-state index in [2.05, 4.69) is 60.5 Å². The molecule has 0 amide bonds. The third-order valence-corrected chi connectivity index (χ3v) is 7.74. The molecule has 3 aromatic rings. The number of piperidine rings is 1. The minimum atomic E-state index is 0.102. The molecule has 10 nitrogen and oxygen atoms in total. The summed E-state index contributed by atoms with van der Waals surface area (Å²) in [6, 6.07) is 17.2. The zero-order chi connectivity index (χ0) is 26.6. The highest BCUT2D eigenvalue weighted by Gasteiger charge is 2.29. The summed E-state index contributed by atoms with van der Waals surface area (Å²) >= 11 is 0. The van der Waals surface area contributed by atoms with Crippen LogP contribution in [0.4, 0.5) is 17.3 Å². The maximum absolute atomic E-state index is 9.77. The number of nitrogens with zero attached hydrogens (tertiary/aromatic N) is 6. The molecule has 1 aromatic heterocycles. The van der Waals surface area contributed by atoms with Gasteiger partial charge in [0.05, 0.1) is 24.8 Å². The highest BCUT2D eigenvalue weighted by Crippen LogP contribution is 2.28. The van der Waals surface area contributed by atoms with E-state index in [-0.39, 0.29) is 6.10 Å². The summed E-state index contributed by atoms with van der Waals surface area (Å²) in [5.41, 5.74) is 3.34. The maximum atomic E-state index is 9.77. The fourth-order valence-corrected chi connectivity index (χ4v) is 5.39. The van der Waals surface area contributed by atoms with Crippen LogP contribution in [0.5, 0.6) is 5.75 Å². The van der Waals surface area contributed by atoms with Gasteiger partial charge in [0, 0.05) is 49.2 Å². The van der Waals surface area contributed by atoms with E-state index in [9.17, 15) is 5.26 Å². The molecule has 0 radical (unpaired) electrons. The molecule has 39 heavy (non-hydrogen) atoms. The number of piperazine rings is 1. The van der Waals surface area contributed by atoms with Crippen LogP contribution in [-0.4, -0.2) is 84.0 Å². The summed E-state index contributed by atoms with van der Waals surface area (Å²) in [7, 11) is 0. The number of aromatic nitrogens is 3. The van der Waals surface area contributed by atoms with Gasteiger partial charge in [-0.2, -0.15) is 10.2 Å². The summed E-state index contributed by atoms with van der Waals surface area (Å²) in [6.07, 6.45) is 3.43. The Kier molecular flexibility index (Phi) is 7.54. The molecule has 0 unspecified atom stereocenters. The highest BCUT2D eigenvalue weighted by atomic mass is 16.5. The second-order valence-electron chi connectivity index (χ2n) is 10.5. The van der Waals surface area contributed by atoms with Crippen molar-refractivity contribution in [3.63, 3.8) is 0 Å². The second-order valence-corrected chi connectivity index (χ2v) is 10.5. The van der Waals surface area contributed by atoms with Gasteiger partial charge in [-0.15, -0.1) is 0 Å². The molecule has 2 aromatic carbocycles. The van der Waals surface area contributed by atoms with Gasteiger partial charge in [0.2, 0.25) is 5.95 Å². The molecular formula is C29H34N8O2. The average Bonchev–Trinajstić information content (AvgIpc) is 2.93. The zero-order valence-corrected chi connectivity index (χ0v) is 22.2. The van der Waals surface area contributed by atoms with Gasteiger partial charge in [-0.05, 0) is 68.8 Å². The standard InChI is InChI=1S/C29H34N8O2/c1-20-14-26(8-9-31-20)39-27-7-2-21(15-22(27)16-30)28-32-19-33-29(35-28)34-23-3-5-24(6-4-23)36-10-12-37(13-11-36)25-17-38-18-25/h2-7,15,19-20,25-26,31H,8-14,17-18H2,1H3,(H,32,33,34,35)/t20-,26+/m1/s1. The minimum Gasteiger partial charge on any atom is -0.489 e. The van der Waals surface area contributed by atoms with E-state index in [4.69, 9.17) is 9.47 Å². The Morgan fingerprint density at radius 2 is 1.90 bits per heavy atom. The SMILES string of the molecule is C[C@@H]1C[C@@H](Oc2ccc(-c3ncnc(Nc4ccc(N5CCN(C6COC6)CC5)cc4)n3)cc2C#N)CCN1. The van der Waals surface area contributed by atoms with Gasteiger partial charge >= 0.3 is 0 Å². The minimum absolute atomic E-state index is 0.102. The Labute approximate surface area is 229 Å². The largest absolute Gasteiger partial charge is 0.489 e. The molecule has 4 heterocycles. The summed E-state index contributed by atoms with van der Waals surface area (Å²) < 4.78 is 11.5. The van der Waals surface area contributed by atoms with Crippen molar-refractivity contribution in [3.8, 4) is 23.2 Å². The summed E-state index contributed by atoms with van der Waals surface area (Å²) in [6.45, 7) is 8.99. The second kappa shape index (κ2) is 11.5. The number of benzene rings is 2. The number of hydrogen-bond donors (Lipinski definition) is 2. The van der Waals surface area contributed by atoms with Gasteiger partial charge in [-0.25, -0.2) is 9.97 Å². The van der Waals surface area contributed by atoms with Crippen molar-refractivity contribution in [2.24, 2.45) is 0 Å². The van der Waals surface area contributed by atoms with Crippen LogP contribution < -0.4 is 20.3 Å². The molecule has 3 saturated heterocycles. The molecule has 3 aliphatic rings. The summed E-state index contributed by atoms with van der Waals surface area (Å²) in [4.78, 5) is 18.2. The van der Waals surface area contributed by atoms with Crippen LogP contribution in [0.15, 0.2) is 48.8 Å². The molecule has 0 bridgehead atoms. The van der Waals surface area contributed by atoms with Crippen LogP contribution in [0.25, 0.3) is 11.4 Å². The molecular weight excluding hydrogens is 492 g/mol. The monoisotopic (exact) mass is 526 g/mol. The average molecular weight is 527 g/mol. The predicted octanol–water partition coefficient (Wildman–Crippen LogP) is 3.19. The van der Waals surface area contributed by atoms with Crippen LogP contribution in [0, 0.1) is 11.3 Å². The number of rotatable bonds is 7. The summed E-state index contributed by atoms with van der Waals surface area (Å²) in [5.74, 6) is 1.55. The molecule has 10 heteroatoms. The van der Waals surface area contributed by atoms with Crippen molar-refractivity contribution in [1.29, 1.82) is 5.26 Å². The first kappa shape index (κ1) is 25.5. The van der Waals surface area contributed by atoms with Gasteiger partial charge in [0.15, 0.2) is 5.82 Å². The molecule has 2 N–H and O–H groups in total. The van der Waals surface area contributed by atoms with E-state index in [1.165, 1.54) is 12.0 Å². The highest BCUT2D eigenvalue weighted by molar-refractivity contribution is 5.64. The van der Waals surface area contributed by atoms with Crippen molar-refractivity contribution < 1.29 is 9.47 Å². The van der Waals surface area contributed by atoms with E-state index in [0.29, 0.717) is 35.2 Å². The van der Waals surface area contributed by atoms with Crippen LogP contribution in [-0.2, 0) is 4.74 Å². The first-order valence-corrected chi connectivity index (χ1v) is 13.7. The lowest BCUT2D eigenvalue weighted by atomic mass is 10.0. The normalized spacial score (nSPS) is 22.1. The number of anilines is 3. The van der Waals surface area contributed by atoms with E-state index in [1.807, 2.05) is 24.3 Å². The van der Waals surface area contributed by atoms with Gasteiger partial charge in [-0.1, -0.05) is 0 Å². The van der Waals surface area contributed by atoms with Crippen LogP contribution in [0.3, 0.4) is 0 Å². The molecule has 3 aliphatic heterocycles. The van der Waals surface area contributed by atoms with Crippen molar-refractivity contribution in [3.05, 3.63) is 54.4 Å². The van der Waals surface area contributed by atoms with Crippen LogP contribution in [0.2, 0.25) is 0 Å². The molecule has 2 atom stereocenters. The van der Waals surface area contributed by atoms with Gasteiger partial charge in [0.1, 0.15) is 24.3 Å². The molecule has 202 valence electrons. The Balaban J connectivity index is 1.09. The van der Waals surface area contributed by atoms with E-state index in [0.717, 1.165) is 70.0 Å². The lowest BCUT2D eigenvalue weighted by Gasteiger charge is -2.43. The number of nitriles is 1. The van der Waals surface area contributed by atoms with Crippen LogP contribution in [0.1, 0.15) is 25.3 Å². The third kappa shape index (κ3) is 5.96. The smallest absolute Gasteiger partial charge is 0.230 e. The Bertz CT molecular complexity index is 1320. The van der Waals surface area contributed by atoms with Gasteiger partial charge < -0.3 is 25.0 Å². The summed E-state index contributed by atoms with van der Waals surface area (Å²) in [5, 5.41) is 16.5. The Hall–Kier alpha value is -3.78. The van der Waals surface area contributed by atoms with Crippen molar-refractivity contribution in [2.75, 3.05) is 56.2 Å². The van der Waals surface area contributed by atoms with Crippen LogP contribution >= 0.6 is 0 Å². The van der Waals surface area contributed by atoms with E-state index < -0.39 is 0 Å². The lowest BCUT2D eigenvalue weighted by molar-refractivity contribution is -0.0660. The van der Waals surface area contributed by atoms with E-state index in [1.54, 1.807) is 6.07 Å². The number of nitrogens with one attached hydrogen (secondary N) is 2. The fraction of sp³-hybridized carbons (Fsp3) is 0.448. The molecule has 0 spiro atoms. The topological polar surface area (TPSA) is 111 Å². The maximum Gasteiger partial charge on any atom is 0.230 e. The van der Waals surface area contributed by atoms with Crippen molar-refractivity contribution in [2.45, 2.75) is 38.0 Å². The van der Waals surface area contributed by atoms with E-state index >= 15 is 0 Å². The van der Waals surface area contributed by atoms with Crippen molar-refractivity contribution in [1.82, 2.24) is 25.2 Å². The molecule has 3 fully saturated rings. The zero-order valence-electron chi connectivity index (χ0n) is 22.2. The lowest BCUT2D eigenvalue weighted by Crippen LogP contribution is -2.56. The van der Waals surface area contributed by atoms with Gasteiger partial charge in [-0.3, -0.25) is 4.90 Å². The Morgan fingerprint density at radius 3 is 2.62 bits per heavy atom. The third-order valence-electron chi connectivity index (χ3n) is 7.74. The predicted molar refractivity (Wildman–Crippen MR) is 149 cm³/mol. The molecule has 0 saturated carbocycles. The Morgan fingerprint density at radius 1 is 1.08 bits per heavy atom. The first-order chi connectivity index (χ1) is 19.1. The molecule has 0 aliphatic carbocycles. The van der Waals surface area contributed by atoms with Gasteiger partial charge in [0.25, 0.3) is 0 Å². The number of ether oxygens (including phenoxy) is 2. The molecule has 6 rings (SSSR count). The van der Waals surface area contributed by atoms with Crippen molar-refractivity contribution >= 4 is 17.3 Å². The quantitative estimate of drug-likeness (QED) is 0.476. The fourth-order valence-electron chi connectivity index (χ4n) is 5.39. The first-order valence-electron chi connectivity index (χ1n) is 13.7.